The maximum absolute atomic E-state index is 6.66. The second kappa shape index (κ2) is 10.7. The van der Waals surface area contributed by atoms with Crippen molar-refractivity contribution in [3.8, 4) is 45.3 Å². The summed E-state index contributed by atoms with van der Waals surface area (Å²) in [6.07, 6.45) is 0. The Morgan fingerprint density at radius 1 is 0.435 bits per heavy atom. The minimum atomic E-state index is 0.593. The van der Waals surface area contributed by atoms with Crippen molar-refractivity contribution in [2.45, 2.75) is 0 Å². The van der Waals surface area contributed by atoms with Crippen LogP contribution in [0.1, 0.15) is 0 Å². The first kappa shape index (κ1) is 26.6. The van der Waals surface area contributed by atoms with E-state index in [0.717, 1.165) is 60.3 Å². The Kier molecular flexibility index (Phi) is 6.15. The number of nitrogens with zero attached hydrogens (tertiary/aromatic N) is 3. The van der Waals surface area contributed by atoms with Gasteiger partial charge in [-0.25, -0.2) is 15.0 Å². The molecule has 0 aliphatic carbocycles. The van der Waals surface area contributed by atoms with Gasteiger partial charge in [0.1, 0.15) is 5.58 Å². The number of fused-ring (bicyclic) bond motifs is 5. The van der Waals surface area contributed by atoms with Gasteiger partial charge < -0.3 is 4.42 Å². The lowest BCUT2D eigenvalue weighted by molar-refractivity contribution is 0.669. The second-order valence-corrected chi connectivity index (χ2v) is 11.7. The third-order valence-corrected chi connectivity index (χ3v) is 8.91. The zero-order valence-corrected chi connectivity index (χ0v) is 25.2. The quantitative estimate of drug-likeness (QED) is 0.199. The Morgan fingerprint density at radius 2 is 1.04 bits per heavy atom. The average molecular weight is 610 g/mol. The van der Waals surface area contributed by atoms with Crippen LogP contribution >= 0.6 is 11.6 Å². The number of rotatable bonds is 4. The van der Waals surface area contributed by atoms with Gasteiger partial charge in [0.05, 0.1) is 5.02 Å². The van der Waals surface area contributed by atoms with E-state index in [1.54, 1.807) is 0 Å². The fourth-order valence-corrected chi connectivity index (χ4v) is 6.62. The van der Waals surface area contributed by atoms with Crippen molar-refractivity contribution in [3.05, 3.63) is 151 Å². The molecule has 0 unspecified atom stereocenters. The van der Waals surface area contributed by atoms with Crippen LogP contribution in [0.4, 0.5) is 0 Å². The largest absolute Gasteiger partial charge is 0.454 e. The van der Waals surface area contributed by atoms with Crippen LogP contribution in [-0.2, 0) is 0 Å². The molecule has 0 amide bonds. The molecule has 5 heteroatoms. The first-order valence-electron chi connectivity index (χ1n) is 15.1. The van der Waals surface area contributed by atoms with Crippen LogP contribution in [0.2, 0.25) is 5.02 Å². The summed E-state index contributed by atoms with van der Waals surface area (Å²) >= 11 is 6.66. The lowest BCUT2D eigenvalue weighted by atomic mass is 9.92. The molecule has 46 heavy (non-hydrogen) atoms. The van der Waals surface area contributed by atoms with Gasteiger partial charge in [-0.1, -0.05) is 133 Å². The highest BCUT2D eigenvalue weighted by atomic mass is 35.5. The van der Waals surface area contributed by atoms with Crippen LogP contribution in [0.5, 0.6) is 0 Å². The molecule has 2 heterocycles. The van der Waals surface area contributed by atoms with Gasteiger partial charge in [-0.15, -0.1) is 0 Å². The van der Waals surface area contributed by atoms with E-state index in [1.165, 1.54) is 5.39 Å². The minimum absolute atomic E-state index is 0.593. The SMILES string of the molecule is Clc1ccc(-c2ccc(-c3nc(-c4ccccc4)nc(-c4ccc5ccccc5c4)n3)c3ccccc23)c2c1oc1ccccc12. The fraction of sp³-hybridized carbons (Fsp3) is 0. The van der Waals surface area contributed by atoms with Crippen LogP contribution < -0.4 is 0 Å². The molecule has 0 atom stereocenters. The Morgan fingerprint density at radius 3 is 1.87 bits per heavy atom. The Hall–Kier alpha value is -5.84. The maximum atomic E-state index is 6.66. The summed E-state index contributed by atoms with van der Waals surface area (Å²) < 4.78 is 6.23. The molecule has 0 saturated carbocycles. The van der Waals surface area contributed by atoms with Crippen molar-refractivity contribution in [2.75, 3.05) is 0 Å². The Balaban J connectivity index is 1.28. The van der Waals surface area contributed by atoms with E-state index in [4.69, 9.17) is 31.0 Å². The number of furan rings is 1. The Labute approximate surface area is 269 Å². The first-order chi connectivity index (χ1) is 22.7. The van der Waals surface area contributed by atoms with Crippen LogP contribution in [0, 0.1) is 0 Å². The van der Waals surface area contributed by atoms with Gasteiger partial charge in [0.15, 0.2) is 23.1 Å². The van der Waals surface area contributed by atoms with Gasteiger partial charge in [-0.3, -0.25) is 0 Å². The van der Waals surface area contributed by atoms with Gasteiger partial charge in [0.2, 0.25) is 0 Å². The Bertz CT molecular complexity index is 2610. The van der Waals surface area contributed by atoms with E-state index >= 15 is 0 Å². The van der Waals surface area contributed by atoms with Gasteiger partial charge in [0, 0.05) is 27.5 Å². The molecule has 0 aliphatic rings. The molecule has 0 saturated heterocycles. The molecular weight excluding hydrogens is 586 g/mol. The van der Waals surface area contributed by atoms with E-state index in [-0.39, 0.29) is 0 Å². The van der Waals surface area contributed by atoms with Crippen molar-refractivity contribution in [2.24, 2.45) is 0 Å². The zero-order chi connectivity index (χ0) is 30.6. The second-order valence-electron chi connectivity index (χ2n) is 11.3. The number of hydrogen-bond donors (Lipinski definition) is 0. The van der Waals surface area contributed by atoms with Gasteiger partial charge >= 0.3 is 0 Å². The maximum Gasteiger partial charge on any atom is 0.164 e. The van der Waals surface area contributed by atoms with Crippen LogP contribution in [-0.4, -0.2) is 15.0 Å². The molecule has 7 aromatic carbocycles. The van der Waals surface area contributed by atoms with Crippen molar-refractivity contribution in [3.63, 3.8) is 0 Å². The predicted molar refractivity (Wildman–Crippen MR) is 189 cm³/mol. The number of aromatic nitrogens is 3. The van der Waals surface area contributed by atoms with Crippen LogP contribution in [0.25, 0.3) is 88.8 Å². The molecule has 0 aliphatic heterocycles. The average Bonchev–Trinajstić information content (AvgIpc) is 3.52. The molecule has 0 N–H and O–H groups in total. The van der Waals surface area contributed by atoms with E-state index in [2.05, 4.69) is 91.0 Å². The summed E-state index contributed by atoms with van der Waals surface area (Å²) in [7, 11) is 0. The van der Waals surface area contributed by atoms with Crippen molar-refractivity contribution < 1.29 is 4.42 Å². The third kappa shape index (κ3) is 4.34. The van der Waals surface area contributed by atoms with E-state index in [1.807, 2.05) is 54.6 Å². The smallest absolute Gasteiger partial charge is 0.164 e. The lowest BCUT2D eigenvalue weighted by Crippen LogP contribution is -2.00. The number of benzene rings is 7. The normalized spacial score (nSPS) is 11.6. The van der Waals surface area contributed by atoms with Crippen LogP contribution in [0.3, 0.4) is 0 Å². The highest BCUT2D eigenvalue weighted by molar-refractivity contribution is 6.37. The molecule has 4 nitrogen and oxygen atoms in total. The molecule has 9 rings (SSSR count). The molecule has 216 valence electrons. The molecule has 0 spiro atoms. The van der Waals surface area contributed by atoms with Gasteiger partial charge in [-0.2, -0.15) is 0 Å². The first-order valence-corrected chi connectivity index (χ1v) is 15.5. The van der Waals surface area contributed by atoms with E-state index < -0.39 is 0 Å². The summed E-state index contributed by atoms with van der Waals surface area (Å²) in [5.41, 5.74) is 6.46. The zero-order valence-electron chi connectivity index (χ0n) is 24.5. The highest BCUT2D eigenvalue weighted by Gasteiger charge is 2.19. The molecule has 0 fully saturated rings. The van der Waals surface area contributed by atoms with Gasteiger partial charge in [0.25, 0.3) is 0 Å². The molecule has 0 bridgehead atoms. The summed E-state index contributed by atoms with van der Waals surface area (Å²) in [6, 6.07) is 49.5. The van der Waals surface area contributed by atoms with Crippen LogP contribution in [0.15, 0.2) is 150 Å². The van der Waals surface area contributed by atoms with E-state index in [0.29, 0.717) is 28.1 Å². The summed E-state index contributed by atoms with van der Waals surface area (Å²) in [4.78, 5) is 15.1. The van der Waals surface area contributed by atoms with Crippen molar-refractivity contribution >= 4 is 55.1 Å². The van der Waals surface area contributed by atoms with Crippen molar-refractivity contribution in [1.29, 1.82) is 0 Å². The molecule has 2 aromatic heterocycles. The number of para-hydroxylation sites is 1. The summed E-state index contributed by atoms with van der Waals surface area (Å²) in [6.45, 7) is 0. The minimum Gasteiger partial charge on any atom is -0.454 e. The monoisotopic (exact) mass is 609 g/mol. The standard InChI is InChI=1S/C41H24ClN3O/c42-35-23-22-32(37-34-16-8-9-17-36(34)46-38(35)37)31-20-21-33(30-15-7-6-14-29(30)31)41-44-39(26-11-2-1-3-12-26)43-40(45-41)28-19-18-25-10-4-5-13-27(25)24-28/h1-24H. The number of halogens is 1. The summed E-state index contributed by atoms with van der Waals surface area (Å²) in [5.74, 6) is 1.88. The third-order valence-electron chi connectivity index (χ3n) is 8.61. The predicted octanol–water partition coefficient (Wildman–Crippen LogP) is 11.4. The lowest BCUT2D eigenvalue weighted by Gasteiger charge is -2.14. The summed E-state index contributed by atoms with van der Waals surface area (Å²) in [5, 5.41) is 7.08. The number of hydrogen-bond acceptors (Lipinski definition) is 4. The topological polar surface area (TPSA) is 51.8 Å². The van der Waals surface area contributed by atoms with Crippen molar-refractivity contribution in [1.82, 2.24) is 15.0 Å². The van der Waals surface area contributed by atoms with E-state index in [9.17, 15) is 0 Å². The molecule has 9 aromatic rings. The fourth-order valence-electron chi connectivity index (χ4n) is 6.42. The van der Waals surface area contributed by atoms with Gasteiger partial charge in [-0.05, 0) is 56.9 Å². The molecular formula is C41H24ClN3O. The molecule has 0 radical (unpaired) electrons. The highest BCUT2D eigenvalue weighted by Crippen LogP contribution is 2.43.